The molecule has 1 saturated heterocycles. The van der Waals surface area contributed by atoms with Crippen LogP contribution in [0.15, 0.2) is 64.4 Å². The lowest BCUT2D eigenvalue weighted by atomic mass is 10.1. The average molecular weight is 520 g/mol. The third kappa shape index (κ3) is 5.20. The highest BCUT2D eigenvalue weighted by molar-refractivity contribution is 8.13. The van der Waals surface area contributed by atoms with E-state index in [0.29, 0.717) is 23.5 Å². The van der Waals surface area contributed by atoms with E-state index in [1.807, 2.05) is 37.4 Å². The van der Waals surface area contributed by atoms with Crippen LogP contribution in [0.4, 0.5) is 16.0 Å². The van der Waals surface area contributed by atoms with Gasteiger partial charge >= 0.3 is 0 Å². The second-order valence-corrected chi connectivity index (χ2v) is 11.0. The van der Waals surface area contributed by atoms with Crippen molar-refractivity contribution in [3.8, 4) is 11.1 Å². The standard InChI is InChI=1S/C28H30FN5O2S/c1-5-34-26-19(14-23(27(34)35)22-15-21(37(3)4)10-11-24(22)29)16-30-28(32-26)31-20-8-6-18(7-9-20)25-17-33(2)12-13-36-25/h6-11,14-16,25H,3,5,12-13,17H2,1-2,4H3,(H,30,31,32). The number of pyridine rings is 1. The quantitative estimate of drug-likeness (QED) is 0.359. The third-order valence-electron chi connectivity index (χ3n) is 6.58. The van der Waals surface area contributed by atoms with Crippen LogP contribution in [0, 0.1) is 5.82 Å². The first-order valence-electron chi connectivity index (χ1n) is 12.2. The summed E-state index contributed by atoms with van der Waals surface area (Å²) in [6.07, 6.45) is 3.67. The van der Waals surface area contributed by atoms with Crippen LogP contribution < -0.4 is 10.9 Å². The fourth-order valence-electron chi connectivity index (χ4n) is 4.52. The monoisotopic (exact) mass is 519 g/mol. The normalized spacial score (nSPS) is 17.1. The summed E-state index contributed by atoms with van der Waals surface area (Å²) in [5, 5.41) is 3.88. The average Bonchev–Trinajstić information content (AvgIpc) is 2.89. The van der Waals surface area contributed by atoms with Crippen LogP contribution in [0.1, 0.15) is 18.6 Å². The van der Waals surface area contributed by atoms with Crippen molar-refractivity contribution in [3.05, 3.63) is 76.5 Å². The number of nitrogens with one attached hydrogen (secondary N) is 1. The molecule has 2 unspecified atom stereocenters. The van der Waals surface area contributed by atoms with Gasteiger partial charge in [0.2, 0.25) is 5.95 Å². The minimum Gasteiger partial charge on any atom is -0.371 e. The van der Waals surface area contributed by atoms with E-state index in [1.165, 1.54) is 6.07 Å². The number of rotatable bonds is 6. The Kier molecular flexibility index (Phi) is 7.19. The molecule has 0 aliphatic carbocycles. The number of hydrogen-bond donors (Lipinski definition) is 1. The number of fused-ring (bicyclic) bond motifs is 1. The van der Waals surface area contributed by atoms with Crippen LogP contribution in [-0.4, -0.2) is 58.3 Å². The molecule has 0 spiro atoms. The van der Waals surface area contributed by atoms with Crippen molar-refractivity contribution in [2.24, 2.45) is 0 Å². The summed E-state index contributed by atoms with van der Waals surface area (Å²) >= 11 is 0. The van der Waals surface area contributed by atoms with E-state index in [4.69, 9.17) is 4.74 Å². The van der Waals surface area contributed by atoms with Crippen LogP contribution in [0.25, 0.3) is 22.2 Å². The Bertz CT molecular complexity index is 1540. The molecule has 0 amide bonds. The molecule has 1 fully saturated rings. The van der Waals surface area contributed by atoms with Crippen molar-refractivity contribution in [2.75, 3.05) is 38.3 Å². The van der Waals surface area contributed by atoms with Crippen LogP contribution >= 0.6 is 10.5 Å². The number of aromatic nitrogens is 3. The number of nitrogens with zero attached hydrogens (tertiary/aromatic N) is 4. The van der Waals surface area contributed by atoms with Crippen LogP contribution in [0.2, 0.25) is 0 Å². The maximum atomic E-state index is 14.8. The van der Waals surface area contributed by atoms with Crippen molar-refractivity contribution >= 4 is 39.0 Å². The van der Waals surface area contributed by atoms with Gasteiger partial charge in [0, 0.05) is 47.4 Å². The molecule has 1 aliphatic heterocycles. The number of ether oxygens (including phenoxy) is 1. The molecule has 1 aliphatic rings. The van der Waals surface area contributed by atoms with Crippen molar-refractivity contribution in [3.63, 3.8) is 0 Å². The van der Waals surface area contributed by atoms with Crippen molar-refractivity contribution in [2.45, 2.75) is 24.5 Å². The van der Waals surface area contributed by atoms with Gasteiger partial charge in [-0.2, -0.15) is 15.5 Å². The van der Waals surface area contributed by atoms with E-state index in [0.717, 1.165) is 35.8 Å². The topological polar surface area (TPSA) is 72.3 Å². The number of morpholine rings is 1. The summed E-state index contributed by atoms with van der Waals surface area (Å²) in [5.41, 5.74) is 2.70. The summed E-state index contributed by atoms with van der Waals surface area (Å²) in [7, 11) is 1.79. The summed E-state index contributed by atoms with van der Waals surface area (Å²) in [5.74, 6) is 3.98. The Morgan fingerprint density at radius 2 is 1.97 bits per heavy atom. The molecular weight excluding hydrogens is 489 g/mol. The van der Waals surface area contributed by atoms with Crippen LogP contribution in [0.5, 0.6) is 0 Å². The zero-order valence-corrected chi connectivity index (χ0v) is 22.0. The Morgan fingerprint density at radius 3 is 2.68 bits per heavy atom. The SMILES string of the molecule is C=S(C)c1ccc(F)c(-c2cc3cnc(Nc4ccc(C5CN(C)CCO5)cc4)nc3n(CC)c2=O)c1. The minimum absolute atomic E-state index is 0.0562. The zero-order chi connectivity index (χ0) is 26.1. The first-order chi connectivity index (χ1) is 17.8. The highest BCUT2D eigenvalue weighted by Gasteiger charge is 2.20. The lowest BCUT2D eigenvalue weighted by molar-refractivity contribution is -0.0208. The highest BCUT2D eigenvalue weighted by atomic mass is 32.2. The number of benzene rings is 2. The molecule has 2 aromatic carbocycles. The summed E-state index contributed by atoms with van der Waals surface area (Å²) in [4.78, 5) is 25.7. The molecule has 9 heteroatoms. The van der Waals surface area contributed by atoms with Gasteiger partial charge in [-0.15, -0.1) is 0 Å². The molecule has 192 valence electrons. The lowest BCUT2D eigenvalue weighted by Crippen LogP contribution is -2.35. The van der Waals surface area contributed by atoms with Gasteiger partial charge in [-0.25, -0.2) is 9.37 Å². The van der Waals surface area contributed by atoms with Gasteiger partial charge in [0.1, 0.15) is 11.5 Å². The first-order valence-corrected chi connectivity index (χ1v) is 14.0. The highest BCUT2D eigenvalue weighted by Crippen LogP contribution is 2.30. The number of halogens is 1. The lowest BCUT2D eigenvalue weighted by Gasteiger charge is -2.30. The molecule has 7 nitrogen and oxygen atoms in total. The van der Waals surface area contributed by atoms with E-state index < -0.39 is 5.82 Å². The second kappa shape index (κ2) is 10.5. The fraction of sp³-hybridized carbons (Fsp3) is 0.286. The molecule has 37 heavy (non-hydrogen) atoms. The number of hydrogen-bond acceptors (Lipinski definition) is 6. The molecule has 5 rings (SSSR count). The second-order valence-electron chi connectivity index (χ2n) is 9.23. The summed E-state index contributed by atoms with van der Waals surface area (Å²) in [6, 6.07) is 14.5. The van der Waals surface area contributed by atoms with E-state index in [1.54, 1.807) is 29.0 Å². The van der Waals surface area contributed by atoms with E-state index >= 15 is 0 Å². The van der Waals surface area contributed by atoms with Gasteiger partial charge < -0.3 is 15.0 Å². The molecule has 2 atom stereocenters. The molecule has 3 heterocycles. The Hall–Kier alpha value is -3.40. The molecular formula is C28H30FN5O2S. The Balaban J connectivity index is 1.47. The first kappa shape index (κ1) is 25.3. The van der Waals surface area contributed by atoms with Gasteiger partial charge in [0.15, 0.2) is 0 Å². The predicted molar refractivity (Wildman–Crippen MR) is 150 cm³/mol. The molecule has 0 radical (unpaired) electrons. The van der Waals surface area contributed by atoms with Gasteiger partial charge in [0.25, 0.3) is 5.56 Å². The molecule has 0 saturated carbocycles. The summed E-state index contributed by atoms with van der Waals surface area (Å²) in [6.45, 7) is 4.78. The number of anilines is 2. The molecule has 0 bridgehead atoms. The molecule has 1 N–H and O–H groups in total. The minimum atomic E-state index is -0.443. The van der Waals surface area contributed by atoms with Gasteiger partial charge in [-0.05, 0) is 62.2 Å². The van der Waals surface area contributed by atoms with Crippen LogP contribution in [-0.2, 0) is 11.3 Å². The van der Waals surface area contributed by atoms with Crippen molar-refractivity contribution < 1.29 is 9.13 Å². The van der Waals surface area contributed by atoms with Gasteiger partial charge in [-0.3, -0.25) is 9.36 Å². The predicted octanol–water partition coefficient (Wildman–Crippen LogP) is 5.05. The number of aryl methyl sites for hydroxylation is 1. The van der Waals surface area contributed by atoms with Crippen LogP contribution in [0.3, 0.4) is 0 Å². The third-order valence-corrected chi connectivity index (χ3v) is 7.64. The van der Waals surface area contributed by atoms with E-state index in [9.17, 15) is 9.18 Å². The van der Waals surface area contributed by atoms with E-state index in [2.05, 4.69) is 33.1 Å². The van der Waals surface area contributed by atoms with Gasteiger partial charge in [-0.1, -0.05) is 18.0 Å². The Labute approximate surface area is 217 Å². The Morgan fingerprint density at radius 1 is 1.19 bits per heavy atom. The van der Waals surface area contributed by atoms with Crippen molar-refractivity contribution in [1.82, 2.24) is 19.4 Å². The smallest absolute Gasteiger partial charge is 0.260 e. The molecule has 2 aromatic heterocycles. The number of likely N-dealkylation sites (N-methyl/N-ethyl adjacent to an activating group) is 1. The summed E-state index contributed by atoms with van der Waals surface area (Å²) < 4.78 is 22.2. The zero-order valence-electron chi connectivity index (χ0n) is 21.2. The fourth-order valence-corrected chi connectivity index (χ4v) is 5.14. The van der Waals surface area contributed by atoms with Crippen molar-refractivity contribution in [1.29, 1.82) is 0 Å². The largest absolute Gasteiger partial charge is 0.371 e. The van der Waals surface area contributed by atoms with E-state index in [-0.39, 0.29) is 33.3 Å². The molecule has 4 aromatic rings. The van der Waals surface area contributed by atoms with Gasteiger partial charge in [0.05, 0.1) is 18.3 Å². The maximum Gasteiger partial charge on any atom is 0.260 e. The maximum absolute atomic E-state index is 14.8.